The SMILES string of the molecule is OCc1ccnc(-c2cc(CO)cc(-c3cc(CO)ccn3)n2)c1. The van der Waals surface area contributed by atoms with Gasteiger partial charge in [-0.2, -0.15) is 0 Å². The van der Waals surface area contributed by atoms with Gasteiger partial charge in [0.1, 0.15) is 0 Å². The summed E-state index contributed by atoms with van der Waals surface area (Å²) in [6.45, 7) is -0.299. The van der Waals surface area contributed by atoms with E-state index in [0.717, 1.165) is 11.1 Å². The Labute approximate surface area is 139 Å². The van der Waals surface area contributed by atoms with Gasteiger partial charge in [0.05, 0.1) is 42.6 Å². The Kier molecular flexibility index (Phi) is 4.90. The molecule has 0 saturated carbocycles. The van der Waals surface area contributed by atoms with Crippen LogP contribution in [0.2, 0.25) is 0 Å². The van der Waals surface area contributed by atoms with Gasteiger partial charge in [-0.25, -0.2) is 4.98 Å². The summed E-state index contributed by atoms with van der Waals surface area (Å²) in [7, 11) is 0. The van der Waals surface area contributed by atoms with Crippen LogP contribution in [0.1, 0.15) is 16.7 Å². The highest BCUT2D eigenvalue weighted by Gasteiger charge is 2.10. The van der Waals surface area contributed by atoms with Crippen LogP contribution in [0.25, 0.3) is 22.8 Å². The number of aliphatic hydroxyl groups excluding tert-OH is 3. The summed E-state index contributed by atoms with van der Waals surface area (Å²) in [5.41, 5.74) is 4.54. The first-order valence-corrected chi connectivity index (χ1v) is 7.47. The number of pyridine rings is 3. The highest BCUT2D eigenvalue weighted by atomic mass is 16.3. The lowest BCUT2D eigenvalue weighted by Crippen LogP contribution is -1.97. The lowest BCUT2D eigenvalue weighted by atomic mass is 10.1. The quantitative estimate of drug-likeness (QED) is 0.661. The molecule has 0 bridgehead atoms. The average molecular weight is 323 g/mol. The maximum Gasteiger partial charge on any atom is 0.0898 e. The molecule has 6 heteroatoms. The van der Waals surface area contributed by atoms with Crippen LogP contribution in [0.5, 0.6) is 0 Å². The van der Waals surface area contributed by atoms with E-state index in [1.54, 1.807) is 48.8 Å². The Morgan fingerprint density at radius 2 is 1.00 bits per heavy atom. The van der Waals surface area contributed by atoms with E-state index in [1.165, 1.54) is 0 Å². The topological polar surface area (TPSA) is 99.4 Å². The molecule has 6 nitrogen and oxygen atoms in total. The molecular formula is C18H17N3O3. The molecule has 0 aromatic carbocycles. The van der Waals surface area contributed by atoms with Gasteiger partial charge >= 0.3 is 0 Å². The maximum absolute atomic E-state index is 9.53. The molecule has 3 heterocycles. The monoisotopic (exact) mass is 323 g/mol. The van der Waals surface area contributed by atoms with Gasteiger partial charge in [-0.3, -0.25) is 9.97 Å². The minimum atomic E-state index is -0.137. The van der Waals surface area contributed by atoms with Gasteiger partial charge in [0, 0.05) is 12.4 Å². The van der Waals surface area contributed by atoms with Gasteiger partial charge in [0.25, 0.3) is 0 Å². The Bertz CT molecular complexity index is 787. The fourth-order valence-electron chi connectivity index (χ4n) is 2.37. The maximum atomic E-state index is 9.53. The van der Waals surface area contributed by atoms with E-state index < -0.39 is 0 Å². The summed E-state index contributed by atoms with van der Waals surface area (Å²) in [6, 6.07) is 10.5. The van der Waals surface area contributed by atoms with Crippen LogP contribution >= 0.6 is 0 Å². The molecule has 122 valence electrons. The average Bonchev–Trinajstić information content (AvgIpc) is 2.67. The van der Waals surface area contributed by atoms with Crippen molar-refractivity contribution in [3.05, 3.63) is 65.5 Å². The van der Waals surface area contributed by atoms with Crippen LogP contribution < -0.4 is 0 Å². The summed E-state index contributed by atoms with van der Waals surface area (Å²) >= 11 is 0. The lowest BCUT2D eigenvalue weighted by Gasteiger charge is -2.09. The van der Waals surface area contributed by atoms with E-state index in [1.807, 2.05) is 0 Å². The number of hydrogen-bond donors (Lipinski definition) is 3. The van der Waals surface area contributed by atoms with Crippen LogP contribution in [0.4, 0.5) is 0 Å². The molecule has 0 saturated heterocycles. The second kappa shape index (κ2) is 7.27. The zero-order chi connectivity index (χ0) is 16.9. The van der Waals surface area contributed by atoms with E-state index >= 15 is 0 Å². The Balaban J connectivity index is 2.11. The molecule has 0 unspecified atom stereocenters. The van der Waals surface area contributed by atoms with E-state index in [9.17, 15) is 15.3 Å². The molecule has 3 N–H and O–H groups in total. The van der Waals surface area contributed by atoms with Crippen molar-refractivity contribution < 1.29 is 15.3 Å². The van der Waals surface area contributed by atoms with Crippen LogP contribution in [0.3, 0.4) is 0 Å². The van der Waals surface area contributed by atoms with Crippen molar-refractivity contribution in [1.82, 2.24) is 15.0 Å². The predicted molar refractivity (Wildman–Crippen MR) is 88.5 cm³/mol. The molecule has 0 fully saturated rings. The molecule has 0 amide bonds. The van der Waals surface area contributed by atoms with E-state index in [0.29, 0.717) is 28.3 Å². The normalized spacial score (nSPS) is 10.8. The molecule has 0 atom stereocenters. The third kappa shape index (κ3) is 3.46. The summed E-state index contributed by atoms with van der Waals surface area (Å²) in [4.78, 5) is 13.1. The summed E-state index contributed by atoms with van der Waals surface area (Å²) in [5, 5.41) is 28.1. The molecule has 3 aromatic rings. The minimum absolute atomic E-state index is 0.0812. The highest BCUT2D eigenvalue weighted by Crippen LogP contribution is 2.24. The number of aromatic nitrogens is 3. The van der Waals surface area contributed by atoms with Crippen molar-refractivity contribution in [3.8, 4) is 22.8 Å². The van der Waals surface area contributed by atoms with Gasteiger partial charge in [0.2, 0.25) is 0 Å². The Morgan fingerprint density at radius 1 is 0.583 bits per heavy atom. The smallest absolute Gasteiger partial charge is 0.0898 e. The van der Waals surface area contributed by atoms with E-state index in [4.69, 9.17) is 0 Å². The Hall–Kier alpha value is -2.67. The summed E-state index contributed by atoms with van der Waals surface area (Å²) in [6.07, 6.45) is 3.22. The largest absolute Gasteiger partial charge is 0.392 e. The second-order valence-electron chi connectivity index (χ2n) is 5.32. The Morgan fingerprint density at radius 3 is 1.42 bits per heavy atom. The molecule has 0 radical (unpaired) electrons. The highest BCUT2D eigenvalue weighted by molar-refractivity contribution is 5.64. The van der Waals surface area contributed by atoms with Crippen LogP contribution in [-0.2, 0) is 19.8 Å². The van der Waals surface area contributed by atoms with Gasteiger partial charge in [-0.15, -0.1) is 0 Å². The summed E-state index contributed by atoms with van der Waals surface area (Å²) < 4.78 is 0. The van der Waals surface area contributed by atoms with Crippen molar-refractivity contribution in [1.29, 1.82) is 0 Å². The van der Waals surface area contributed by atoms with Gasteiger partial charge < -0.3 is 15.3 Å². The number of rotatable bonds is 5. The van der Waals surface area contributed by atoms with E-state index in [-0.39, 0.29) is 19.8 Å². The number of hydrogen-bond acceptors (Lipinski definition) is 6. The first-order chi connectivity index (χ1) is 11.7. The fourth-order valence-corrected chi connectivity index (χ4v) is 2.37. The third-order valence-electron chi connectivity index (χ3n) is 3.61. The summed E-state index contributed by atoms with van der Waals surface area (Å²) in [5.74, 6) is 0. The van der Waals surface area contributed by atoms with Gasteiger partial charge in [-0.05, 0) is 53.1 Å². The van der Waals surface area contributed by atoms with Gasteiger partial charge in [0.15, 0.2) is 0 Å². The second-order valence-corrected chi connectivity index (χ2v) is 5.32. The van der Waals surface area contributed by atoms with Crippen molar-refractivity contribution >= 4 is 0 Å². The first kappa shape index (κ1) is 16.2. The van der Waals surface area contributed by atoms with E-state index in [2.05, 4.69) is 15.0 Å². The van der Waals surface area contributed by atoms with Crippen LogP contribution in [0.15, 0.2) is 48.8 Å². The molecule has 0 spiro atoms. The molecule has 0 aliphatic rings. The van der Waals surface area contributed by atoms with Crippen molar-refractivity contribution in [2.75, 3.05) is 0 Å². The zero-order valence-electron chi connectivity index (χ0n) is 12.9. The molecule has 24 heavy (non-hydrogen) atoms. The predicted octanol–water partition coefficient (Wildman–Crippen LogP) is 1.68. The molecule has 0 aliphatic carbocycles. The first-order valence-electron chi connectivity index (χ1n) is 7.47. The zero-order valence-corrected chi connectivity index (χ0v) is 12.9. The molecular weight excluding hydrogens is 306 g/mol. The number of aliphatic hydroxyl groups is 3. The molecule has 3 rings (SSSR count). The standard InChI is InChI=1S/C18H17N3O3/c22-9-12-1-3-19-15(5-12)17-7-14(11-24)8-18(21-17)16-6-13(10-23)2-4-20-16/h1-8,22-24H,9-11H2. The fraction of sp³-hybridized carbons (Fsp3) is 0.167. The molecule has 3 aromatic heterocycles. The molecule has 0 aliphatic heterocycles. The van der Waals surface area contributed by atoms with Crippen molar-refractivity contribution in [2.45, 2.75) is 19.8 Å². The third-order valence-corrected chi connectivity index (χ3v) is 3.61. The van der Waals surface area contributed by atoms with Crippen LogP contribution in [-0.4, -0.2) is 30.3 Å². The van der Waals surface area contributed by atoms with Crippen molar-refractivity contribution in [3.63, 3.8) is 0 Å². The van der Waals surface area contributed by atoms with Crippen molar-refractivity contribution in [2.24, 2.45) is 0 Å². The van der Waals surface area contributed by atoms with Gasteiger partial charge in [-0.1, -0.05) is 0 Å². The van der Waals surface area contributed by atoms with Crippen LogP contribution in [0, 0.1) is 0 Å². The minimum Gasteiger partial charge on any atom is -0.392 e. The number of nitrogens with zero attached hydrogens (tertiary/aromatic N) is 3. The lowest BCUT2D eigenvalue weighted by molar-refractivity contribution is 0.281.